The van der Waals surface area contributed by atoms with Crippen molar-refractivity contribution in [1.29, 1.82) is 0 Å². The minimum atomic E-state index is -0.763. The Balaban J connectivity index is 1.33. The summed E-state index contributed by atoms with van der Waals surface area (Å²) in [4.78, 5) is 68.1. The lowest BCUT2D eigenvalue weighted by atomic mass is 9.70. The molecule has 0 bridgehead atoms. The van der Waals surface area contributed by atoms with Crippen LogP contribution in [0.5, 0.6) is 5.75 Å². The topological polar surface area (TPSA) is 104 Å². The van der Waals surface area contributed by atoms with Crippen LogP contribution in [-0.4, -0.2) is 41.3 Å². The third-order valence-electron chi connectivity index (χ3n) is 13.3. The molecule has 0 amide bonds. The van der Waals surface area contributed by atoms with E-state index in [0.29, 0.717) is 31.4 Å². The van der Waals surface area contributed by atoms with Crippen molar-refractivity contribution in [3.8, 4) is 5.75 Å². The molecule has 0 radical (unpaired) electrons. The number of aryl methyl sites for hydroxylation is 2. The fourth-order valence-electron chi connectivity index (χ4n) is 9.64. The van der Waals surface area contributed by atoms with Crippen LogP contribution in [0, 0.1) is 54.3 Å². The molecule has 56 heavy (non-hydrogen) atoms. The molecule has 7 nitrogen and oxygen atoms in total. The maximum Gasteiger partial charge on any atom is 0.306 e. The number of ketones is 4. The highest BCUT2D eigenvalue weighted by atomic mass is 16.5. The lowest BCUT2D eigenvalue weighted by Crippen LogP contribution is -2.39. The second-order valence-corrected chi connectivity index (χ2v) is 18.9. The number of Topliss-reactive ketones (excluding diaryl/α,β-unsaturated/α-hetero) is 4. The molecule has 0 spiro atoms. The van der Waals surface area contributed by atoms with E-state index in [1.54, 1.807) is 13.0 Å². The van der Waals surface area contributed by atoms with Crippen LogP contribution in [-0.2, 0) is 28.7 Å². The zero-order valence-corrected chi connectivity index (χ0v) is 34.9. The molecule has 300 valence electrons. The summed E-state index contributed by atoms with van der Waals surface area (Å²) < 4.78 is 12.8. The Kier molecular flexibility index (Phi) is 12.1. The number of allylic oxidation sites excluding steroid dienone is 5. The highest BCUT2D eigenvalue weighted by molar-refractivity contribution is 5.98. The average Bonchev–Trinajstić information content (AvgIpc) is 3.53. The largest absolute Gasteiger partial charge is 0.490 e. The SMILES string of the molecule is C=CC1CC1(CC(=O)C1CC(Oc2cc(C3=CCC(CC(=O)C(C)C)=C3)cc3c(C)cc(C)cc23)CC1C(=O)C(CC(=O)OC1CCCC1)C(C)(C)C)C(C)=O. The molecule has 3 fully saturated rings. The normalized spacial score (nSPS) is 25.5. The molecule has 0 aliphatic heterocycles. The third-order valence-corrected chi connectivity index (χ3v) is 13.3. The summed E-state index contributed by atoms with van der Waals surface area (Å²) in [5.41, 5.74) is 4.03. The predicted octanol–water partition coefficient (Wildman–Crippen LogP) is 10.4. The summed E-state index contributed by atoms with van der Waals surface area (Å²) in [5, 5.41) is 2.02. The van der Waals surface area contributed by atoms with E-state index in [1.165, 1.54) is 0 Å². The smallest absolute Gasteiger partial charge is 0.306 e. The van der Waals surface area contributed by atoms with E-state index in [4.69, 9.17) is 9.47 Å². The van der Waals surface area contributed by atoms with Crippen LogP contribution in [0.3, 0.4) is 0 Å². The Labute approximate surface area is 333 Å². The van der Waals surface area contributed by atoms with Crippen molar-refractivity contribution < 1.29 is 33.4 Å². The van der Waals surface area contributed by atoms with E-state index in [-0.39, 0.29) is 59.9 Å². The van der Waals surface area contributed by atoms with E-state index in [1.807, 2.05) is 34.6 Å². The quantitative estimate of drug-likeness (QED) is 0.124. The Hall–Kier alpha value is -4.13. The Morgan fingerprint density at radius 3 is 2.27 bits per heavy atom. The first kappa shape index (κ1) is 41.5. The standard InChI is InChI=1S/C49H62O7/c1-10-35-26-49(35,31(6)50)27-44(52)39-23-37(24-41(39)47(54)42(48(7,8)9)25-46(53)56-36-13-11-12-14-36)55-45-22-34(21-38-30(5)17-29(4)18-40(38)45)33-16-15-32(19-33)20-43(51)28(2)3/h10,16-19,21-22,28,35-37,39,41-42H,1,11-15,20,23-27H2,2-9H3. The summed E-state index contributed by atoms with van der Waals surface area (Å²) >= 11 is 0. The fourth-order valence-corrected chi connectivity index (χ4v) is 9.64. The monoisotopic (exact) mass is 762 g/mol. The minimum Gasteiger partial charge on any atom is -0.490 e. The molecule has 0 saturated heterocycles. The van der Waals surface area contributed by atoms with Crippen molar-refractivity contribution in [3.05, 3.63) is 71.3 Å². The Bertz CT molecular complexity index is 1980. The number of carbonyl (C=O) groups is 5. The first-order valence-electron chi connectivity index (χ1n) is 20.9. The summed E-state index contributed by atoms with van der Waals surface area (Å²) in [7, 11) is 0. The van der Waals surface area contributed by atoms with Gasteiger partial charge < -0.3 is 9.47 Å². The molecule has 3 saturated carbocycles. The molecule has 4 aliphatic carbocycles. The second kappa shape index (κ2) is 16.4. The lowest BCUT2D eigenvalue weighted by Gasteiger charge is -2.32. The maximum atomic E-state index is 14.9. The van der Waals surface area contributed by atoms with Gasteiger partial charge in [0.2, 0.25) is 0 Å². The second-order valence-electron chi connectivity index (χ2n) is 18.9. The van der Waals surface area contributed by atoms with Crippen LogP contribution in [0.2, 0.25) is 0 Å². The van der Waals surface area contributed by atoms with Gasteiger partial charge in [0.25, 0.3) is 0 Å². The number of benzene rings is 2. The molecule has 0 N–H and O–H groups in total. The zero-order chi connectivity index (χ0) is 40.7. The number of hydrogen-bond donors (Lipinski definition) is 0. The summed E-state index contributed by atoms with van der Waals surface area (Å²) in [6, 6.07) is 8.52. The molecular formula is C49H62O7. The molecular weight excluding hydrogens is 701 g/mol. The minimum absolute atomic E-state index is 0.0190. The number of ether oxygens (including phenoxy) is 2. The van der Waals surface area contributed by atoms with E-state index >= 15 is 0 Å². The van der Waals surface area contributed by atoms with Crippen molar-refractivity contribution in [3.63, 3.8) is 0 Å². The van der Waals surface area contributed by atoms with E-state index in [0.717, 1.165) is 70.7 Å². The van der Waals surface area contributed by atoms with Gasteiger partial charge in [-0.05, 0) is 124 Å². The summed E-state index contributed by atoms with van der Waals surface area (Å²) in [6.07, 6.45) is 11.8. The van der Waals surface area contributed by atoms with Crippen molar-refractivity contribution in [2.24, 2.45) is 40.4 Å². The van der Waals surface area contributed by atoms with Gasteiger partial charge in [-0.25, -0.2) is 0 Å². The van der Waals surface area contributed by atoms with Gasteiger partial charge in [-0.3, -0.25) is 24.0 Å². The summed E-state index contributed by atoms with van der Waals surface area (Å²) in [5.74, 6) is -1.69. The molecule has 0 heterocycles. The lowest BCUT2D eigenvalue weighted by molar-refractivity contribution is -0.154. The van der Waals surface area contributed by atoms with Gasteiger partial charge in [0, 0.05) is 47.3 Å². The van der Waals surface area contributed by atoms with Gasteiger partial charge in [0.1, 0.15) is 41.1 Å². The summed E-state index contributed by atoms with van der Waals surface area (Å²) in [6.45, 7) is 19.4. The number of hydrogen-bond acceptors (Lipinski definition) is 7. The highest BCUT2D eigenvalue weighted by Crippen LogP contribution is 2.58. The van der Waals surface area contributed by atoms with Crippen molar-refractivity contribution >= 4 is 45.4 Å². The Morgan fingerprint density at radius 2 is 1.64 bits per heavy atom. The first-order chi connectivity index (χ1) is 26.4. The predicted molar refractivity (Wildman–Crippen MR) is 221 cm³/mol. The van der Waals surface area contributed by atoms with Crippen molar-refractivity contribution in [2.45, 2.75) is 138 Å². The number of esters is 1. The molecule has 6 atom stereocenters. The first-order valence-corrected chi connectivity index (χ1v) is 20.9. The van der Waals surface area contributed by atoms with Crippen LogP contribution in [0.25, 0.3) is 16.3 Å². The molecule has 6 rings (SSSR count). The molecule has 2 aromatic rings. The van der Waals surface area contributed by atoms with Crippen molar-refractivity contribution in [2.75, 3.05) is 0 Å². The average molecular weight is 763 g/mol. The van der Waals surface area contributed by atoms with Gasteiger partial charge in [0.15, 0.2) is 0 Å². The molecule has 6 unspecified atom stereocenters. The van der Waals surface area contributed by atoms with Crippen LogP contribution < -0.4 is 4.74 Å². The van der Waals surface area contributed by atoms with Gasteiger partial charge in [-0.15, -0.1) is 6.58 Å². The molecule has 4 aliphatic rings. The molecule has 2 aromatic carbocycles. The number of fused-ring (bicyclic) bond motifs is 1. The van der Waals surface area contributed by atoms with E-state index in [9.17, 15) is 24.0 Å². The third kappa shape index (κ3) is 8.87. The fraction of sp³-hybridized carbons (Fsp3) is 0.571. The van der Waals surface area contributed by atoms with Gasteiger partial charge in [-0.1, -0.05) is 70.0 Å². The van der Waals surface area contributed by atoms with Crippen LogP contribution in [0.4, 0.5) is 0 Å². The van der Waals surface area contributed by atoms with Gasteiger partial charge in [-0.2, -0.15) is 0 Å². The number of carbonyl (C=O) groups excluding carboxylic acids is 5. The van der Waals surface area contributed by atoms with Crippen LogP contribution >= 0.6 is 0 Å². The van der Waals surface area contributed by atoms with Crippen molar-refractivity contribution in [1.82, 2.24) is 0 Å². The molecule has 0 aromatic heterocycles. The highest BCUT2D eigenvalue weighted by Gasteiger charge is 2.59. The number of rotatable bonds is 16. The van der Waals surface area contributed by atoms with Crippen LogP contribution in [0.1, 0.15) is 129 Å². The molecule has 7 heteroatoms. The van der Waals surface area contributed by atoms with Gasteiger partial charge in [0.05, 0.1) is 6.42 Å². The van der Waals surface area contributed by atoms with E-state index in [2.05, 4.69) is 56.8 Å². The van der Waals surface area contributed by atoms with Gasteiger partial charge >= 0.3 is 5.97 Å². The maximum absolute atomic E-state index is 14.9. The van der Waals surface area contributed by atoms with E-state index < -0.39 is 34.7 Å². The zero-order valence-electron chi connectivity index (χ0n) is 34.9. The Morgan fingerprint density at radius 1 is 0.946 bits per heavy atom. The van der Waals surface area contributed by atoms with Crippen LogP contribution in [0.15, 0.2) is 54.6 Å².